The summed E-state index contributed by atoms with van der Waals surface area (Å²) in [5.41, 5.74) is 0. The predicted molar refractivity (Wildman–Crippen MR) is 70.8 cm³/mol. The molecule has 0 spiro atoms. The van der Waals surface area contributed by atoms with Crippen LogP contribution in [0.5, 0.6) is 11.5 Å². The number of benzene rings is 1. The van der Waals surface area contributed by atoms with Gasteiger partial charge in [0.1, 0.15) is 6.61 Å². The van der Waals surface area contributed by atoms with Gasteiger partial charge in [0.2, 0.25) is 0 Å². The van der Waals surface area contributed by atoms with Crippen molar-refractivity contribution in [3.05, 3.63) is 24.3 Å². The van der Waals surface area contributed by atoms with Crippen molar-refractivity contribution in [1.29, 1.82) is 0 Å². The molecule has 0 aliphatic carbocycles. The van der Waals surface area contributed by atoms with E-state index in [1.54, 1.807) is 7.11 Å². The second kappa shape index (κ2) is 7.36. The van der Waals surface area contributed by atoms with E-state index in [0.29, 0.717) is 18.1 Å². The molecule has 1 rings (SSSR count). The van der Waals surface area contributed by atoms with Crippen molar-refractivity contribution in [3.63, 3.8) is 0 Å². The van der Waals surface area contributed by atoms with Gasteiger partial charge in [0.25, 0.3) is 0 Å². The van der Waals surface area contributed by atoms with E-state index in [1.165, 1.54) is 0 Å². The lowest BCUT2D eigenvalue weighted by Gasteiger charge is -2.15. The monoisotopic (exact) mass is 332 g/mol. The Labute approximate surface area is 109 Å². The average Bonchev–Trinajstić information content (AvgIpc) is 2.30. The maximum absolute atomic E-state index is 5.57. The summed E-state index contributed by atoms with van der Waals surface area (Å²) < 4.78 is 18.8. The highest BCUT2D eigenvalue weighted by atomic mass is 127. The normalized spacial score (nSPS) is 11.2. The number of hydrogen-bond donors (Lipinski definition) is 0. The Kier molecular flexibility index (Phi) is 6.04. The molecule has 0 aliphatic rings. The maximum Gasteiger partial charge on any atom is 0.198 e. The van der Waals surface area contributed by atoms with Crippen LogP contribution in [0.15, 0.2) is 24.3 Å². The molecule has 3 nitrogen and oxygen atoms in total. The first kappa shape index (κ1) is 13.1. The summed E-state index contributed by atoms with van der Waals surface area (Å²) in [5.74, 6) is 4.16. The van der Waals surface area contributed by atoms with Crippen LogP contribution < -0.4 is 9.47 Å². The van der Waals surface area contributed by atoms with Crippen LogP contribution in [0.2, 0.25) is 0 Å². The van der Waals surface area contributed by atoms with E-state index in [-0.39, 0.29) is 6.29 Å². The van der Waals surface area contributed by atoms with Crippen molar-refractivity contribution in [1.82, 2.24) is 0 Å². The molecule has 0 saturated carbocycles. The fourth-order valence-electron chi connectivity index (χ4n) is 1.12. The number of hydrogen-bond acceptors (Lipinski definition) is 3. The van der Waals surface area contributed by atoms with Gasteiger partial charge in [-0.25, -0.2) is 0 Å². The number of ether oxygens (including phenoxy) is 3. The summed E-state index contributed by atoms with van der Waals surface area (Å²) in [6.45, 7) is 2.18. The lowest BCUT2D eigenvalue weighted by atomic mass is 10.3. The van der Waals surface area contributed by atoms with Gasteiger partial charge in [-0.1, -0.05) is 18.1 Å². The molecule has 0 saturated heterocycles. The highest BCUT2D eigenvalue weighted by molar-refractivity contribution is 14.1. The average molecular weight is 332 g/mol. The van der Waals surface area contributed by atoms with Gasteiger partial charge < -0.3 is 14.2 Å². The molecule has 86 valence electrons. The minimum atomic E-state index is -0.353. The third-order valence-electron chi connectivity index (χ3n) is 1.82. The van der Waals surface area contributed by atoms with Crippen molar-refractivity contribution < 1.29 is 14.2 Å². The third kappa shape index (κ3) is 4.29. The number of methoxy groups -OCH3 is 1. The molecular weight excluding hydrogens is 319 g/mol. The van der Waals surface area contributed by atoms with Gasteiger partial charge in [-0.2, -0.15) is 0 Å². The van der Waals surface area contributed by atoms with E-state index in [2.05, 4.69) is 9.85 Å². The van der Waals surface area contributed by atoms with Crippen molar-refractivity contribution in [2.75, 3.05) is 13.7 Å². The topological polar surface area (TPSA) is 27.7 Å². The van der Waals surface area contributed by atoms with E-state index in [0.717, 1.165) is 0 Å². The van der Waals surface area contributed by atoms with Crippen LogP contribution in [0.4, 0.5) is 0 Å². The van der Waals surface area contributed by atoms with Crippen LogP contribution in [0.25, 0.3) is 0 Å². The van der Waals surface area contributed by atoms with Crippen molar-refractivity contribution in [3.8, 4) is 21.3 Å². The second-order valence-corrected chi connectivity index (χ2v) is 3.46. The lowest BCUT2D eigenvalue weighted by Crippen LogP contribution is -2.16. The molecule has 0 radical (unpaired) electrons. The van der Waals surface area contributed by atoms with Crippen molar-refractivity contribution in [2.24, 2.45) is 0 Å². The molecule has 0 aromatic heterocycles. The van der Waals surface area contributed by atoms with E-state index in [1.807, 2.05) is 53.8 Å². The van der Waals surface area contributed by atoms with Crippen LogP contribution in [0.3, 0.4) is 0 Å². The zero-order valence-electron chi connectivity index (χ0n) is 9.20. The summed E-state index contributed by atoms with van der Waals surface area (Å²) >= 11 is 1.97. The maximum atomic E-state index is 5.57. The molecule has 1 aromatic rings. The van der Waals surface area contributed by atoms with Crippen LogP contribution in [0, 0.1) is 9.85 Å². The van der Waals surface area contributed by atoms with Gasteiger partial charge in [-0.3, -0.25) is 0 Å². The molecule has 1 aromatic carbocycles. The Bertz CT molecular complexity index is 381. The quantitative estimate of drug-likeness (QED) is 0.471. The molecule has 1 unspecified atom stereocenters. The number of rotatable bonds is 5. The smallest absolute Gasteiger partial charge is 0.198 e. The summed E-state index contributed by atoms with van der Waals surface area (Å²) in [4.78, 5) is 0. The molecule has 0 aliphatic heterocycles. The van der Waals surface area contributed by atoms with Crippen molar-refractivity contribution in [2.45, 2.75) is 13.2 Å². The SMILES string of the molecule is COc1ccccc1OC(C)OCC#CI. The summed E-state index contributed by atoms with van der Waals surface area (Å²) in [7, 11) is 1.61. The molecule has 0 fully saturated rings. The molecular formula is C12H13IO3. The first-order valence-electron chi connectivity index (χ1n) is 4.77. The Morgan fingerprint density at radius 2 is 2.00 bits per heavy atom. The van der Waals surface area contributed by atoms with Crippen LogP contribution in [-0.2, 0) is 4.74 Å². The highest BCUT2D eigenvalue weighted by Crippen LogP contribution is 2.26. The van der Waals surface area contributed by atoms with E-state index < -0.39 is 0 Å². The highest BCUT2D eigenvalue weighted by Gasteiger charge is 2.07. The third-order valence-corrected chi connectivity index (χ3v) is 2.20. The van der Waals surface area contributed by atoms with E-state index in [4.69, 9.17) is 14.2 Å². The number of halogens is 1. The van der Waals surface area contributed by atoms with Crippen LogP contribution in [-0.4, -0.2) is 20.0 Å². The van der Waals surface area contributed by atoms with Gasteiger partial charge in [0.05, 0.1) is 7.11 Å². The molecule has 1 atom stereocenters. The largest absolute Gasteiger partial charge is 0.493 e. The van der Waals surface area contributed by atoms with E-state index in [9.17, 15) is 0 Å². The zero-order valence-corrected chi connectivity index (χ0v) is 11.4. The van der Waals surface area contributed by atoms with Gasteiger partial charge in [0.15, 0.2) is 17.8 Å². The predicted octanol–water partition coefficient (Wildman–Crippen LogP) is 2.83. The van der Waals surface area contributed by atoms with Gasteiger partial charge >= 0.3 is 0 Å². The molecule has 0 N–H and O–H groups in total. The standard InChI is InChI=1S/C12H13IO3/c1-10(15-9-5-8-13)16-12-7-4-3-6-11(12)14-2/h3-4,6-7,10H,9H2,1-2H3. The Morgan fingerprint density at radius 1 is 1.31 bits per heavy atom. The Balaban J connectivity index is 2.53. The Hall–Kier alpha value is -0.930. The lowest BCUT2D eigenvalue weighted by molar-refractivity contribution is -0.0538. The van der Waals surface area contributed by atoms with Gasteiger partial charge in [0, 0.05) is 22.6 Å². The van der Waals surface area contributed by atoms with Gasteiger partial charge in [-0.15, -0.1) is 0 Å². The second-order valence-electron chi connectivity index (χ2n) is 2.92. The molecule has 0 bridgehead atoms. The summed E-state index contributed by atoms with van der Waals surface area (Å²) in [6.07, 6.45) is -0.353. The first-order valence-corrected chi connectivity index (χ1v) is 5.85. The first-order chi connectivity index (χ1) is 7.77. The fourth-order valence-corrected chi connectivity index (χ4v) is 1.27. The molecule has 4 heteroatoms. The fraction of sp³-hybridized carbons (Fsp3) is 0.333. The molecule has 16 heavy (non-hydrogen) atoms. The van der Waals surface area contributed by atoms with E-state index >= 15 is 0 Å². The Morgan fingerprint density at radius 3 is 2.62 bits per heavy atom. The summed E-state index contributed by atoms with van der Waals surface area (Å²) in [5, 5.41) is 0. The molecule has 0 amide bonds. The van der Waals surface area contributed by atoms with Gasteiger partial charge in [-0.05, 0) is 23.0 Å². The van der Waals surface area contributed by atoms with Crippen LogP contribution >= 0.6 is 22.6 Å². The molecule has 0 heterocycles. The minimum absolute atomic E-state index is 0.353. The number of para-hydroxylation sites is 2. The summed E-state index contributed by atoms with van der Waals surface area (Å²) in [6, 6.07) is 7.45. The van der Waals surface area contributed by atoms with Crippen LogP contribution in [0.1, 0.15) is 6.92 Å². The zero-order chi connectivity index (χ0) is 11.8. The van der Waals surface area contributed by atoms with Crippen molar-refractivity contribution >= 4 is 22.6 Å². The minimum Gasteiger partial charge on any atom is -0.493 e.